The van der Waals surface area contributed by atoms with Gasteiger partial charge in [0, 0.05) is 39.0 Å². The number of hydrogen-bond acceptors (Lipinski definition) is 1. The Labute approximate surface area is 337 Å². The molecule has 1 aliphatic rings. The van der Waals surface area contributed by atoms with Gasteiger partial charge in [-0.2, -0.15) is 0 Å². The Hall–Kier alpha value is -7.68. The molecule has 58 heavy (non-hydrogen) atoms. The van der Waals surface area contributed by atoms with Crippen LogP contribution in [0.15, 0.2) is 218 Å². The molecule has 0 saturated heterocycles. The zero-order valence-corrected chi connectivity index (χ0v) is 31.7. The highest BCUT2D eigenvalue weighted by atomic mass is 15.2. The molecule has 0 radical (unpaired) electrons. The van der Waals surface area contributed by atoms with Crippen LogP contribution in [0.3, 0.4) is 0 Å². The van der Waals surface area contributed by atoms with Crippen LogP contribution < -0.4 is 4.90 Å². The summed E-state index contributed by atoms with van der Waals surface area (Å²) < 4.78 is 2.50. The van der Waals surface area contributed by atoms with Gasteiger partial charge in [-0.05, 0) is 91.5 Å². The first kappa shape index (κ1) is 32.6. The van der Waals surface area contributed by atoms with Crippen LogP contribution in [0.5, 0.6) is 0 Å². The molecule has 12 rings (SSSR count). The lowest BCUT2D eigenvalue weighted by molar-refractivity contribution is 1.13. The summed E-state index contributed by atoms with van der Waals surface area (Å²) in [6.45, 7) is 0. The summed E-state index contributed by atoms with van der Waals surface area (Å²) in [4.78, 5) is 2.46. The van der Waals surface area contributed by atoms with Gasteiger partial charge in [0.05, 0.1) is 22.6 Å². The maximum absolute atomic E-state index is 2.50. The van der Waals surface area contributed by atoms with Crippen LogP contribution in [0.4, 0.5) is 17.1 Å². The van der Waals surface area contributed by atoms with E-state index in [9.17, 15) is 0 Å². The fourth-order valence-corrected chi connectivity index (χ4v) is 9.60. The first-order valence-electron chi connectivity index (χ1n) is 20.0. The largest absolute Gasteiger partial charge is 0.309 e. The average molecular weight is 737 g/mol. The van der Waals surface area contributed by atoms with Gasteiger partial charge in [0.2, 0.25) is 0 Å². The molecule has 2 nitrogen and oxygen atoms in total. The van der Waals surface area contributed by atoms with Gasteiger partial charge in [0.25, 0.3) is 0 Å². The molecule has 1 aliphatic heterocycles. The van der Waals surface area contributed by atoms with E-state index in [4.69, 9.17) is 0 Å². The molecule has 0 amide bonds. The second-order valence-corrected chi connectivity index (χ2v) is 15.2. The minimum Gasteiger partial charge on any atom is -0.309 e. The van der Waals surface area contributed by atoms with E-state index in [2.05, 4.69) is 228 Å². The van der Waals surface area contributed by atoms with Gasteiger partial charge in [-0.15, -0.1) is 0 Å². The second-order valence-electron chi connectivity index (χ2n) is 15.2. The first-order valence-corrected chi connectivity index (χ1v) is 20.0. The van der Waals surface area contributed by atoms with Gasteiger partial charge < -0.3 is 9.47 Å². The molecule has 0 aliphatic carbocycles. The van der Waals surface area contributed by atoms with Gasteiger partial charge in [0.1, 0.15) is 0 Å². The molecule has 0 spiro atoms. The predicted octanol–water partition coefficient (Wildman–Crippen LogP) is 15.5. The summed E-state index contributed by atoms with van der Waals surface area (Å²) in [5.41, 5.74) is 15.4. The van der Waals surface area contributed by atoms with Crippen molar-refractivity contribution in [3.8, 4) is 50.3 Å². The van der Waals surface area contributed by atoms with Crippen LogP contribution in [0.2, 0.25) is 0 Å². The number of hydrogen-bond donors (Lipinski definition) is 0. The molecule has 270 valence electrons. The molecule has 0 atom stereocenters. The molecule has 0 saturated carbocycles. The number of para-hydroxylation sites is 4. The summed E-state index contributed by atoms with van der Waals surface area (Å²) in [5.74, 6) is 0. The summed E-state index contributed by atoms with van der Waals surface area (Å²) in [5, 5.41) is 8.98. The van der Waals surface area contributed by atoms with Crippen LogP contribution in [-0.4, -0.2) is 4.57 Å². The highest BCUT2D eigenvalue weighted by molar-refractivity contribution is 6.26. The van der Waals surface area contributed by atoms with Crippen molar-refractivity contribution in [3.63, 3.8) is 0 Å². The van der Waals surface area contributed by atoms with E-state index in [0.29, 0.717) is 0 Å². The number of rotatable bonds is 4. The average Bonchev–Trinajstić information content (AvgIpc) is 3.59. The number of nitrogens with zero attached hydrogens (tertiary/aromatic N) is 2. The SMILES string of the molecule is c1ccc(-c2cccc3c4c(n(-c5ccccc5)c23)-c2ccccc2N(c2ccc(-c3ccc5c6ccccc6c6ccccc6c5c3)cc2)c2ccccc2-4)cc1. The van der Waals surface area contributed by atoms with Crippen LogP contribution >= 0.6 is 0 Å². The molecule has 11 aromatic rings. The number of anilines is 3. The van der Waals surface area contributed by atoms with Crippen molar-refractivity contribution in [3.05, 3.63) is 218 Å². The fraction of sp³-hybridized carbons (Fsp3) is 0. The minimum absolute atomic E-state index is 1.12. The number of aromatic nitrogens is 1. The lowest BCUT2D eigenvalue weighted by Crippen LogP contribution is -2.11. The first-order chi connectivity index (χ1) is 28.8. The molecule has 0 N–H and O–H groups in total. The Morgan fingerprint density at radius 1 is 0.276 bits per heavy atom. The Balaban J connectivity index is 1.06. The molecule has 2 heterocycles. The van der Waals surface area contributed by atoms with E-state index >= 15 is 0 Å². The highest BCUT2D eigenvalue weighted by Gasteiger charge is 2.32. The van der Waals surface area contributed by atoms with Crippen molar-refractivity contribution < 1.29 is 0 Å². The topological polar surface area (TPSA) is 8.17 Å². The zero-order valence-electron chi connectivity index (χ0n) is 31.7. The lowest BCUT2D eigenvalue weighted by Gasteiger charge is -2.28. The van der Waals surface area contributed by atoms with Gasteiger partial charge in [-0.1, -0.05) is 176 Å². The maximum Gasteiger partial charge on any atom is 0.0641 e. The van der Waals surface area contributed by atoms with E-state index in [0.717, 1.165) is 22.7 Å². The van der Waals surface area contributed by atoms with Crippen molar-refractivity contribution in [1.82, 2.24) is 4.57 Å². The molecule has 2 heteroatoms. The van der Waals surface area contributed by atoms with Crippen LogP contribution in [0, 0.1) is 0 Å². The fourth-order valence-electron chi connectivity index (χ4n) is 9.60. The predicted molar refractivity (Wildman–Crippen MR) is 246 cm³/mol. The Bertz CT molecular complexity index is 3340. The minimum atomic E-state index is 1.12. The normalized spacial score (nSPS) is 12.1. The highest BCUT2D eigenvalue weighted by Crippen LogP contribution is 2.55. The van der Waals surface area contributed by atoms with Gasteiger partial charge in [-0.3, -0.25) is 0 Å². The van der Waals surface area contributed by atoms with Crippen molar-refractivity contribution in [2.75, 3.05) is 4.90 Å². The molecule has 0 fully saturated rings. The third kappa shape index (κ3) is 4.85. The third-order valence-corrected chi connectivity index (χ3v) is 12.1. The van der Waals surface area contributed by atoms with Gasteiger partial charge in [-0.25, -0.2) is 0 Å². The van der Waals surface area contributed by atoms with E-state index in [1.807, 2.05) is 0 Å². The Morgan fingerprint density at radius 3 is 1.47 bits per heavy atom. The Kier molecular flexibility index (Phi) is 7.26. The Morgan fingerprint density at radius 2 is 0.776 bits per heavy atom. The standard InChI is InChI=1S/C56H36N2/c1-3-16-38(17-4-1)42-26-15-27-50-54-48-24-11-13-28-52(48)57(53-29-14-12-25-49(53)56(54)58(55(42)50)40-18-5-2-6-19-40)41-33-30-37(31-34-41)39-32-35-47-45-22-8-7-20-43(45)44-21-9-10-23-46(44)51(47)36-39/h1-36H. The van der Waals surface area contributed by atoms with E-state index in [1.54, 1.807) is 0 Å². The maximum atomic E-state index is 2.50. The van der Waals surface area contributed by atoms with Crippen molar-refractivity contribution in [2.24, 2.45) is 0 Å². The second kappa shape index (κ2) is 12.9. The van der Waals surface area contributed by atoms with E-state index in [-0.39, 0.29) is 0 Å². The molecule has 1 aromatic heterocycles. The summed E-state index contributed by atoms with van der Waals surface area (Å²) in [7, 11) is 0. The lowest BCUT2D eigenvalue weighted by atomic mass is 9.92. The third-order valence-electron chi connectivity index (χ3n) is 12.1. The van der Waals surface area contributed by atoms with Crippen molar-refractivity contribution >= 4 is 60.3 Å². The van der Waals surface area contributed by atoms with Crippen LogP contribution in [0.25, 0.3) is 93.5 Å². The monoisotopic (exact) mass is 736 g/mol. The summed E-state index contributed by atoms with van der Waals surface area (Å²) in [6, 6.07) is 80.0. The summed E-state index contributed by atoms with van der Waals surface area (Å²) >= 11 is 0. The van der Waals surface area contributed by atoms with Crippen molar-refractivity contribution in [2.45, 2.75) is 0 Å². The smallest absolute Gasteiger partial charge is 0.0641 e. The van der Waals surface area contributed by atoms with Gasteiger partial charge in [0.15, 0.2) is 0 Å². The quantitative estimate of drug-likeness (QED) is 0.163. The number of fused-ring (bicyclic) bond motifs is 13. The van der Waals surface area contributed by atoms with E-state index in [1.165, 1.54) is 87.9 Å². The summed E-state index contributed by atoms with van der Waals surface area (Å²) in [6.07, 6.45) is 0. The van der Waals surface area contributed by atoms with E-state index < -0.39 is 0 Å². The molecule has 0 bridgehead atoms. The molecular weight excluding hydrogens is 701 g/mol. The van der Waals surface area contributed by atoms with Crippen molar-refractivity contribution in [1.29, 1.82) is 0 Å². The van der Waals surface area contributed by atoms with Crippen LogP contribution in [0.1, 0.15) is 0 Å². The van der Waals surface area contributed by atoms with Crippen LogP contribution in [-0.2, 0) is 0 Å². The molecular formula is C56H36N2. The molecule has 10 aromatic carbocycles. The molecule has 0 unspecified atom stereocenters. The zero-order chi connectivity index (χ0) is 38.2. The van der Waals surface area contributed by atoms with Gasteiger partial charge >= 0.3 is 0 Å². The number of benzene rings is 10.